The van der Waals surface area contributed by atoms with Gasteiger partial charge in [-0.05, 0) is 25.1 Å². The number of fused-ring (bicyclic) bond motifs is 1. The molecule has 3 N–H and O–H groups in total. The highest BCUT2D eigenvalue weighted by Crippen LogP contribution is 2.30. The Labute approximate surface area is 215 Å². The van der Waals surface area contributed by atoms with Crippen molar-refractivity contribution in [1.29, 1.82) is 0 Å². The Kier molecular flexibility index (Phi) is 7.28. The quantitative estimate of drug-likeness (QED) is 0.500. The number of pyridine rings is 1. The molecule has 2 saturated heterocycles. The third kappa shape index (κ3) is 5.53. The Bertz CT molecular complexity index is 1220. The van der Waals surface area contributed by atoms with Crippen molar-refractivity contribution in [2.24, 2.45) is 15.9 Å². The van der Waals surface area contributed by atoms with Gasteiger partial charge in [-0.3, -0.25) is 4.99 Å². The van der Waals surface area contributed by atoms with Gasteiger partial charge >= 0.3 is 0 Å². The summed E-state index contributed by atoms with van der Waals surface area (Å²) in [6.07, 6.45) is 6.86. The van der Waals surface area contributed by atoms with E-state index in [0.717, 1.165) is 11.4 Å². The van der Waals surface area contributed by atoms with E-state index in [2.05, 4.69) is 30.8 Å². The summed E-state index contributed by atoms with van der Waals surface area (Å²) in [5.41, 5.74) is 2.11. The van der Waals surface area contributed by atoms with E-state index < -0.39 is 21.9 Å². The molecule has 0 radical (unpaired) electrons. The van der Waals surface area contributed by atoms with Crippen LogP contribution in [0.25, 0.3) is 5.70 Å². The maximum Gasteiger partial charge on any atom is 0.255 e. The van der Waals surface area contributed by atoms with Crippen molar-refractivity contribution >= 4 is 33.1 Å². The molecule has 0 bridgehead atoms. The van der Waals surface area contributed by atoms with Gasteiger partial charge in [-0.25, -0.2) is 27.2 Å². The summed E-state index contributed by atoms with van der Waals surface area (Å²) in [4.78, 5) is 15.8. The van der Waals surface area contributed by atoms with Crippen molar-refractivity contribution in [2.75, 3.05) is 56.5 Å². The normalized spacial score (nSPS) is 25.9. The van der Waals surface area contributed by atoms with Gasteiger partial charge in [-0.15, -0.1) is 0 Å². The second kappa shape index (κ2) is 10.5. The fourth-order valence-corrected chi connectivity index (χ4v) is 5.94. The molecule has 200 valence electrons. The number of amidine groups is 1. The Morgan fingerprint density at radius 2 is 2.03 bits per heavy atom. The lowest BCUT2D eigenvalue weighted by Gasteiger charge is -2.34. The van der Waals surface area contributed by atoms with Gasteiger partial charge in [-0.1, -0.05) is 0 Å². The summed E-state index contributed by atoms with van der Waals surface area (Å²) in [6.45, 7) is 4.30. The molecule has 5 rings (SSSR count). The predicted molar refractivity (Wildman–Crippen MR) is 140 cm³/mol. The van der Waals surface area contributed by atoms with Crippen molar-refractivity contribution in [3.63, 3.8) is 0 Å². The molecule has 0 aromatic carbocycles. The molecule has 13 heteroatoms. The first-order valence-electron chi connectivity index (χ1n) is 12.6. The molecule has 4 aliphatic rings. The minimum absolute atomic E-state index is 0.0818. The number of piperazine rings is 1. The van der Waals surface area contributed by atoms with Gasteiger partial charge in [0.2, 0.25) is 10.0 Å². The number of anilines is 1. The van der Waals surface area contributed by atoms with Crippen LogP contribution in [0.15, 0.2) is 46.8 Å². The van der Waals surface area contributed by atoms with Gasteiger partial charge in [0.15, 0.2) is 5.84 Å². The van der Waals surface area contributed by atoms with Crippen LogP contribution in [0.2, 0.25) is 0 Å². The van der Waals surface area contributed by atoms with E-state index in [1.807, 2.05) is 18.2 Å². The first-order valence-corrected chi connectivity index (χ1v) is 14.2. The molecule has 1 aromatic heterocycles. The molecule has 2 atom stereocenters. The van der Waals surface area contributed by atoms with E-state index in [0.29, 0.717) is 50.0 Å². The summed E-state index contributed by atoms with van der Waals surface area (Å²) < 4.78 is 54.5. The Morgan fingerprint density at radius 1 is 1.22 bits per heavy atom. The van der Waals surface area contributed by atoms with Crippen LogP contribution < -0.4 is 20.9 Å². The molecule has 10 nitrogen and oxygen atoms in total. The summed E-state index contributed by atoms with van der Waals surface area (Å²) >= 11 is 0. The number of halogens is 2. The molecule has 5 heterocycles. The molecule has 1 aromatic rings. The van der Waals surface area contributed by atoms with Gasteiger partial charge in [-0.2, -0.15) is 4.31 Å². The molecule has 4 aliphatic heterocycles. The van der Waals surface area contributed by atoms with Crippen LogP contribution in [-0.4, -0.2) is 92.8 Å². The summed E-state index contributed by atoms with van der Waals surface area (Å²) in [5, 5.41) is 9.41. The number of nitrogens with one attached hydrogen (secondary N) is 3. The van der Waals surface area contributed by atoms with Crippen molar-refractivity contribution in [2.45, 2.75) is 25.3 Å². The second-order valence-electron chi connectivity index (χ2n) is 9.47. The molecule has 2 fully saturated rings. The Morgan fingerprint density at radius 3 is 2.73 bits per heavy atom. The van der Waals surface area contributed by atoms with E-state index in [1.54, 1.807) is 25.5 Å². The fourth-order valence-electron chi connectivity index (χ4n) is 4.85. The lowest BCUT2D eigenvalue weighted by atomic mass is 9.94. The molecular weight excluding hydrogens is 502 g/mol. The zero-order valence-corrected chi connectivity index (χ0v) is 21.5. The summed E-state index contributed by atoms with van der Waals surface area (Å²) in [6, 6.07) is 3.58. The highest BCUT2D eigenvalue weighted by atomic mass is 32.2. The number of hydrogen-bond donors (Lipinski definition) is 3. The van der Waals surface area contributed by atoms with Crippen LogP contribution >= 0.6 is 0 Å². The predicted octanol–water partition coefficient (Wildman–Crippen LogP) is 1.02. The third-order valence-electron chi connectivity index (χ3n) is 7.16. The van der Waals surface area contributed by atoms with Crippen molar-refractivity contribution in [3.05, 3.63) is 42.4 Å². The van der Waals surface area contributed by atoms with Crippen LogP contribution in [-0.2, 0) is 10.0 Å². The van der Waals surface area contributed by atoms with Gasteiger partial charge in [0, 0.05) is 76.4 Å². The van der Waals surface area contributed by atoms with Crippen molar-refractivity contribution in [1.82, 2.24) is 25.2 Å². The Hall–Kier alpha value is -2.90. The standard InChI is InChI=1S/C24H32F2N8O2S/c1-2-37(35,36)34-11-9-33(10-12-34)21-4-3-17(14-30-21)19-13-20-22(29-8-7-28-20)23(32-19)31-16-18-15-27-6-5-24(18,25)26/h3-4,7-8,13-14,18,20,27-28H,2,5-6,9-12,15-16H2,1H3,(H,31,32). The minimum atomic E-state index is -3.19. The average molecular weight is 535 g/mol. The third-order valence-corrected chi connectivity index (χ3v) is 9.04. The molecular formula is C24H32F2N8O2S. The van der Waals surface area contributed by atoms with E-state index in [9.17, 15) is 17.2 Å². The molecule has 0 saturated carbocycles. The largest absolute Gasteiger partial charge is 0.378 e. The molecule has 0 amide bonds. The van der Waals surface area contributed by atoms with Gasteiger partial charge < -0.3 is 20.9 Å². The number of nitrogens with zero attached hydrogens (tertiary/aromatic N) is 5. The number of alkyl halides is 2. The lowest BCUT2D eigenvalue weighted by molar-refractivity contribution is -0.0755. The number of aliphatic imine (C=N–C) groups is 2. The smallest absolute Gasteiger partial charge is 0.255 e. The van der Waals surface area contributed by atoms with Gasteiger partial charge in [0.25, 0.3) is 5.92 Å². The summed E-state index contributed by atoms with van der Waals surface area (Å²) in [5.74, 6) is -2.23. The van der Waals surface area contributed by atoms with E-state index in [-0.39, 0.29) is 31.3 Å². The first kappa shape index (κ1) is 25.7. The fraction of sp³-hybridized carbons (Fsp3) is 0.542. The van der Waals surface area contributed by atoms with Crippen LogP contribution in [0.3, 0.4) is 0 Å². The van der Waals surface area contributed by atoms with E-state index >= 15 is 0 Å². The lowest BCUT2D eigenvalue weighted by Crippen LogP contribution is -2.52. The summed E-state index contributed by atoms with van der Waals surface area (Å²) in [7, 11) is -3.19. The number of hydrogen-bond acceptors (Lipinski definition) is 9. The molecule has 0 spiro atoms. The minimum Gasteiger partial charge on any atom is -0.378 e. The zero-order valence-electron chi connectivity index (χ0n) is 20.7. The van der Waals surface area contributed by atoms with Crippen LogP contribution in [0.4, 0.5) is 14.6 Å². The number of aromatic nitrogens is 1. The molecule has 37 heavy (non-hydrogen) atoms. The van der Waals surface area contributed by atoms with Crippen molar-refractivity contribution in [3.8, 4) is 0 Å². The van der Waals surface area contributed by atoms with E-state index in [4.69, 9.17) is 4.99 Å². The molecule has 0 aliphatic carbocycles. The van der Waals surface area contributed by atoms with Crippen LogP contribution in [0, 0.1) is 5.92 Å². The second-order valence-corrected chi connectivity index (χ2v) is 11.7. The average Bonchev–Trinajstić information content (AvgIpc) is 2.92. The number of rotatable bonds is 6. The monoisotopic (exact) mass is 534 g/mol. The maximum absolute atomic E-state index is 14.4. The van der Waals surface area contributed by atoms with Gasteiger partial charge in [0.05, 0.1) is 23.4 Å². The maximum atomic E-state index is 14.4. The number of sulfonamides is 1. The first-order chi connectivity index (χ1) is 17.8. The van der Waals surface area contributed by atoms with Crippen LogP contribution in [0.5, 0.6) is 0 Å². The van der Waals surface area contributed by atoms with Crippen molar-refractivity contribution < 1.29 is 17.2 Å². The molecule has 2 unspecified atom stereocenters. The zero-order chi connectivity index (χ0) is 26.0. The highest BCUT2D eigenvalue weighted by Gasteiger charge is 2.41. The Balaban J connectivity index is 1.29. The SMILES string of the molecule is CCS(=O)(=O)N1CCN(c2ccc(C3=CC4NC=CN=C4C(NCC4CNCCC4(F)F)=N3)cn2)CC1. The topological polar surface area (TPSA) is 114 Å². The number of piperidine rings is 1. The van der Waals surface area contributed by atoms with Crippen LogP contribution in [0.1, 0.15) is 18.9 Å². The highest BCUT2D eigenvalue weighted by molar-refractivity contribution is 7.89. The van der Waals surface area contributed by atoms with E-state index in [1.165, 1.54) is 4.31 Å². The van der Waals surface area contributed by atoms with Gasteiger partial charge in [0.1, 0.15) is 11.5 Å².